The van der Waals surface area contributed by atoms with Crippen LogP contribution in [0.4, 0.5) is 10.5 Å². The van der Waals surface area contributed by atoms with Crippen LogP contribution in [0.3, 0.4) is 0 Å². The maximum absolute atomic E-state index is 12.4. The number of carbonyl (C=O) groups excluding carboxylic acids is 2. The van der Waals surface area contributed by atoms with Gasteiger partial charge in [-0.2, -0.15) is 0 Å². The summed E-state index contributed by atoms with van der Waals surface area (Å²) in [5.41, 5.74) is 2.63. The highest BCUT2D eigenvalue weighted by Crippen LogP contribution is 2.24. The maximum Gasteiger partial charge on any atom is 0.321 e. The number of amides is 3. The molecule has 1 aromatic carbocycles. The summed E-state index contributed by atoms with van der Waals surface area (Å²) in [7, 11) is 3.26. The molecule has 0 aliphatic heterocycles. The second kappa shape index (κ2) is 7.09. The largest absolute Gasteiger partial charge is 0.359 e. The lowest BCUT2D eigenvalue weighted by molar-refractivity contribution is -0.121. The van der Waals surface area contributed by atoms with Crippen molar-refractivity contribution < 1.29 is 9.59 Å². The Kier molecular flexibility index (Phi) is 5.16. The molecule has 0 aliphatic carbocycles. The van der Waals surface area contributed by atoms with Crippen molar-refractivity contribution in [3.8, 4) is 0 Å². The van der Waals surface area contributed by atoms with Crippen LogP contribution in [0, 0.1) is 6.92 Å². The van der Waals surface area contributed by atoms with Gasteiger partial charge in [0.15, 0.2) is 0 Å². The lowest BCUT2D eigenvalue weighted by Crippen LogP contribution is -2.40. The molecule has 2 rings (SSSR count). The summed E-state index contributed by atoms with van der Waals surface area (Å²) in [4.78, 5) is 29.7. The molecule has 6 heteroatoms. The van der Waals surface area contributed by atoms with Crippen molar-refractivity contribution in [1.82, 2.24) is 15.2 Å². The topological polar surface area (TPSA) is 74.3 Å². The zero-order valence-electron chi connectivity index (χ0n) is 13.9. The summed E-state index contributed by atoms with van der Waals surface area (Å²) in [5.74, 6) is -0.0952. The van der Waals surface area contributed by atoms with E-state index in [1.54, 1.807) is 20.3 Å². The lowest BCUT2D eigenvalue weighted by atomic mass is 10.1. The van der Waals surface area contributed by atoms with Crippen molar-refractivity contribution in [3.63, 3.8) is 0 Å². The van der Waals surface area contributed by atoms with Crippen molar-refractivity contribution in [2.24, 2.45) is 0 Å². The number of aryl methyl sites for hydroxylation is 1. The van der Waals surface area contributed by atoms with Gasteiger partial charge in [-0.25, -0.2) is 4.79 Å². The third-order valence-electron chi connectivity index (χ3n) is 3.95. The van der Waals surface area contributed by atoms with Crippen LogP contribution in [-0.4, -0.2) is 42.0 Å². The van der Waals surface area contributed by atoms with Gasteiger partial charge >= 0.3 is 6.03 Å². The predicted molar refractivity (Wildman–Crippen MR) is 91.4 cm³/mol. The highest BCUT2D eigenvalue weighted by Gasteiger charge is 2.19. The Bertz CT molecular complexity index is 730. The molecule has 0 saturated carbocycles. The molecular weight excluding hydrogens is 292 g/mol. The SMILES string of the molecule is CNC(=O)C[C@@H](C)N(C)C(=O)Nc1ccc(C)c2ncccc12. The van der Waals surface area contributed by atoms with E-state index in [0.717, 1.165) is 16.5 Å². The molecule has 2 N–H and O–H groups in total. The summed E-state index contributed by atoms with van der Waals surface area (Å²) >= 11 is 0. The third-order valence-corrected chi connectivity index (χ3v) is 3.95. The molecule has 0 saturated heterocycles. The normalized spacial score (nSPS) is 11.8. The van der Waals surface area contributed by atoms with E-state index in [-0.39, 0.29) is 24.4 Å². The zero-order chi connectivity index (χ0) is 17.0. The van der Waals surface area contributed by atoms with Crippen molar-refractivity contribution in [2.45, 2.75) is 26.3 Å². The van der Waals surface area contributed by atoms with Gasteiger partial charge < -0.3 is 15.5 Å². The van der Waals surface area contributed by atoms with E-state index in [1.807, 2.05) is 38.1 Å². The number of fused-ring (bicyclic) bond motifs is 1. The van der Waals surface area contributed by atoms with Gasteiger partial charge in [-0.3, -0.25) is 9.78 Å². The Morgan fingerprint density at radius 2 is 2.04 bits per heavy atom. The first-order valence-corrected chi connectivity index (χ1v) is 7.52. The molecule has 3 amide bonds. The number of aromatic nitrogens is 1. The van der Waals surface area contributed by atoms with Gasteiger partial charge in [0, 0.05) is 38.1 Å². The molecule has 0 radical (unpaired) electrons. The van der Waals surface area contributed by atoms with E-state index >= 15 is 0 Å². The second-order valence-electron chi connectivity index (χ2n) is 5.60. The molecule has 1 heterocycles. The number of hydrogen-bond acceptors (Lipinski definition) is 3. The average molecular weight is 314 g/mol. The van der Waals surface area contributed by atoms with E-state index in [1.165, 1.54) is 4.90 Å². The van der Waals surface area contributed by atoms with Crippen LogP contribution in [0.25, 0.3) is 10.9 Å². The van der Waals surface area contributed by atoms with Gasteiger partial charge in [0.2, 0.25) is 5.91 Å². The van der Waals surface area contributed by atoms with Crippen molar-refractivity contribution in [3.05, 3.63) is 36.0 Å². The van der Waals surface area contributed by atoms with Crippen molar-refractivity contribution in [2.75, 3.05) is 19.4 Å². The fraction of sp³-hybridized carbons (Fsp3) is 0.353. The molecular formula is C17H22N4O2. The standard InChI is InChI=1S/C17H22N4O2/c1-11-7-8-14(13-6-5-9-19-16(11)13)20-17(23)21(4)12(2)10-15(22)18-3/h5-9,12H,10H2,1-4H3,(H,18,22)(H,20,23)/t12-/m1/s1. The number of benzene rings is 1. The summed E-state index contributed by atoms with van der Waals surface area (Å²) < 4.78 is 0. The molecule has 0 aliphatic rings. The minimum Gasteiger partial charge on any atom is -0.359 e. The number of urea groups is 1. The Labute approximate surface area is 135 Å². The lowest BCUT2D eigenvalue weighted by Gasteiger charge is -2.25. The summed E-state index contributed by atoms with van der Waals surface area (Å²) in [6, 6.07) is 7.11. The Morgan fingerprint density at radius 1 is 1.30 bits per heavy atom. The molecule has 0 fully saturated rings. The number of hydrogen-bond donors (Lipinski definition) is 2. The molecule has 122 valence electrons. The van der Waals surface area contributed by atoms with E-state index in [2.05, 4.69) is 15.6 Å². The molecule has 2 aromatic rings. The minimum absolute atomic E-state index is 0.0952. The first-order valence-electron chi connectivity index (χ1n) is 7.52. The molecule has 1 aromatic heterocycles. The van der Waals surface area contributed by atoms with Gasteiger partial charge in [0.25, 0.3) is 0 Å². The summed E-state index contributed by atoms with van der Waals surface area (Å²) in [6.45, 7) is 3.82. The van der Waals surface area contributed by atoms with Gasteiger partial charge in [0.05, 0.1) is 11.2 Å². The van der Waals surface area contributed by atoms with Crippen LogP contribution < -0.4 is 10.6 Å². The van der Waals surface area contributed by atoms with Crippen LogP contribution in [0.1, 0.15) is 18.9 Å². The van der Waals surface area contributed by atoms with Crippen LogP contribution in [0.5, 0.6) is 0 Å². The number of nitrogens with one attached hydrogen (secondary N) is 2. The smallest absolute Gasteiger partial charge is 0.321 e. The summed E-state index contributed by atoms with van der Waals surface area (Å²) in [6.07, 6.45) is 2.00. The minimum atomic E-state index is -0.254. The molecule has 0 unspecified atom stereocenters. The Morgan fingerprint density at radius 3 is 2.74 bits per heavy atom. The Balaban J connectivity index is 2.17. The monoisotopic (exact) mass is 314 g/mol. The van der Waals surface area contributed by atoms with E-state index in [0.29, 0.717) is 5.69 Å². The van der Waals surface area contributed by atoms with Gasteiger partial charge in [-0.05, 0) is 37.6 Å². The number of pyridine rings is 1. The zero-order valence-corrected chi connectivity index (χ0v) is 13.9. The Hall–Kier alpha value is -2.63. The van der Waals surface area contributed by atoms with Crippen molar-refractivity contribution in [1.29, 1.82) is 0 Å². The first-order chi connectivity index (χ1) is 10.9. The van der Waals surface area contributed by atoms with Gasteiger partial charge in [-0.15, -0.1) is 0 Å². The molecule has 0 bridgehead atoms. The van der Waals surface area contributed by atoms with Crippen LogP contribution in [0.2, 0.25) is 0 Å². The van der Waals surface area contributed by atoms with Crippen molar-refractivity contribution >= 4 is 28.5 Å². The first kappa shape index (κ1) is 16.7. The summed E-state index contributed by atoms with van der Waals surface area (Å²) in [5, 5.41) is 6.36. The highest BCUT2D eigenvalue weighted by molar-refractivity contribution is 6.01. The van der Waals surface area contributed by atoms with Crippen LogP contribution in [-0.2, 0) is 4.79 Å². The number of carbonyl (C=O) groups is 2. The number of rotatable bonds is 4. The van der Waals surface area contributed by atoms with E-state index in [9.17, 15) is 9.59 Å². The molecule has 0 spiro atoms. The number of anilines is 1. The van der Waals surface area contributed by atoms with E-state index < -0.39 is 0 Å². The molecule has 6 nitrogen and oxygen atoms in total. The quantitative estimate of drug-likeness (QED) is 0.910. The van der Waals surface area contributed by atoms with E-state index in [4.69, 9.17) is 0 Å². The third kappa shape index (κ3) is 3.77. The fourth-order valence-corrected chi connectivity index (χ4v) is 2.33. The predicted octanol–water partition coefficient (Wildman–Crippen LogP) is 2.53. The highest BCUT2D eigenvalue weighted by atomic mass is 16.2. The van der Waals surface area contributed by atoms with Gasteiger partial charge in [-0.1, -0.05) is 6.07 Å². The second-order valence-corrected chi connectivity index (χ2v) is 5.60. The number of nitrogens with zero attached hydrogens (tertiary/aromatic N) is 2. The van der Waals surface area contributed by atoms with Gasteiger partial charge in [0.1, 0.15) is 0 Å². The molecule has 23 heavy (non-hydrogen) atoms. The molecule has 1 atom stereocenters. The maximum atomic E-state index is 12.4. The van der Waals surface area contributed by atoms with Crippen LogP contribution in [0.15, 0.2) is 30.5 Å². The average Bonchev–Trinajstić information content (AvgIpc) is 2.56. The van der Waals surface area contributed by atoms with Crippen LogP contribution >= 0.6 is 0 Å². The fourth-order valence-electron chi connectivity index (χ4n) is 2.33.